The first-order valence-electron chi connectivity index (χ1n) is 4.45. The molecule has 0 bridgehead atoms. The Kier molecular flexibility index (Phi) is 4.10. The minimum atomic E-state index is -3.08. The Morgan fingerprint density at radius 3 is 2.93 bits per heavy atom. The topological polar surface area (TPSA) is 71.0 Å². The molecule has 2 N–H and O–H groups in total. The summed E-state index contributed by atoms with van der Waals surface area (Å²) in [6, 6.07) is 0. The minimum Gasteiger partial charge on any atom is -0.430 e. The van der Waals surface area contributed by atoms with Crippen LogP contribution in [0.1, 0.15) is 13.8 Å². The molecule has 0 fully saturated rings. The van der Waals surface area contributed by atoms with E-state index in [4.69, 9.17) is 9.78 Å². The van der Waals surface area contributed by atoms with Gasteiger partial charge in [0.15, 0.2) is 6.23 Å². The van der Waals surface area contributed by atoms with Crippen LogP contribution in [0.3, 0.4) is 0 Å². The Balaban J connectivity index is 2.86. The minimum absolute atomic E-state index is 0.444. The Labute approximate surface area is 83.0 Å². The quantitative estimate of drug-likeness (QED) is 0.425. The van der Waals surface area contributed by atoms with E-state index in [0.717, 1.165) is 0 Å². The molecule has 82 valence electrons. The van der Waals surface area contributed by atoms with Gasteiger partial charge in [-0.25, -0.2) is 19.8 Å². The zero-order chi connectivity index (χ0) is 10.6. The van der Waals surface area contributed by atoms with Crippen LogP contribution in [-0.4, -0.2) is 29.2 Å². The Morgan fingerprint density at radius 2 is 2.43 bits per heavy atom. The van der Waals surface area contributed by atoms with Crippen LogP contribution in [0.25, 0.3) is 0 Å². The number of likely N-dealkylation sites (N-methyl/N-ethyl adjacent to an activating group) is 1. The molecule has 0 aromatic rings. The van der Waals surface area contributed by atoms with E-state index in [9.17, 15) is 4.57 Å². The van der Waals surface area contributed by atoms with Crippen LogP contribution < -0.4 is 5.09 Å². The van der Waals surface area contributed by atoms with E-state index in [1.165, 1.54) is 17.0 Å². The molecular formula is C7H15N2O4P. The molecule has 7 heteroatoms. The van der Waals surface area contributed by atoms with E-state index in [1.54, 1.807) is 6.92 Å². The maximum atomic E-state index is 12.1. The zero-order valence-corrected chi connectivity index (χ0v) is 9.11. The number of hydrogen-bond acceptors (Lipinski definition) is 4. The summed E-state index contributed by atoms with van der Waals surface area (Å²) >= 11 is 0. The number of nitrogens with one attached hydrogen (secondary N) is 1. The molecule has 6 nitrogen and oxygen atoms in total. The lowest BCUT2D eigenvalue weighted by Crippen LogP contribution is -2.39. The Bertz CT molecular complexity index is 258. The second-order valence-electron chi connectivity index (χ2n) is 2.72. The fourth-order valence-corrected chi connectivity index (χ4v) is 3.08. The molecule has 0 amide bonds. The molecule has 0 aromatic carbocycles. The van der Waals surface area contributed by atoms with Crippen molar-refractivity contribution in [1.29, 1.82) is 0 Å². The first-order chi connectivity index (χ1) is 6.68. The largest absolute Gasteiger partial charge is 0.430 e. The second kappa shape index (κ2) is 4.91. The highest BCUT2D eigenvalue weighted by Crippen LogP contribution is 2.50. The summed E-state index contributed by atoms with van der Waals surface area (Å²) in [7, 11) is -3.08. The molecular weight excluding hydrogens is 207 g/mol. The maximum Gasteiger partial charge on any atom is 0.394 e. The maximum absolute atomic E-state index is 12.1. The summed E-state index contributed by atoms with van der Waals surface area (Å²) in [6.45, 7) is 4.59. The predicted molar refractivity (Wildman–Crippen MR) is 51.4 cm³/mol. The fraction of sp³-hybridized carbons (Fsp3) is 0.714. The summed E-state index contributed by atoms with van der Waals surface area (Å²) in [4.78, 5) is 4.18. The van der Waals surface area contributed by atoms with Crippen LogP contribution in [0, 0.1) is 0 Å². The highest BCUT2D eigenvalue weighted by Gasteiger charge is 2.38. The molecule has 2 atom stereocenters. The van der Waals surface area contributed by atoms with Crippen molar-refractivity contribution in [1.82, 2.24) is 9.76 Å². The molecule has 1 aliphatic rings. The summed E-state index contributed by atoms with van der Waals surface area (Å²) in [5, 5.41) is 11.3. The van der Waals surface area contributed by atoms with Gasteiger partial charge in [0.25, 0.3) is 0 Å². The van der Waals surface area contributed by atoms with Gasteiger partial charge >= 0.3 is 7.67 Å². The van der Waals surface area contributed by atoms with Crippen molar-refractivity contribution in [2.24, 2.45) is 0 Å². The number of rotatable bonds is 4. The van der Waals surface area contributed by atoms with Gasteiger partial charge in [-0.2, -0.15) is 4.67 Å². The van der Waals surface area contributed by atoms with Gasteiger partial charge in [-0.05, 0) is 6.08 Å². The molecule has 0 saturated carbocycles. The highest BCUT2D eigenvalue weighted by molar-refractivity contribution is 7.54. The van der Waals surface area contributed by atoms with Gasteiger partial charge in [-0.1, -0.05) is 13.8 Å². The van der Waals surface area contributed by atoms with E-state index in [0.29, 0.717) is 13.1 Å². The second-order valence-corrected chi connectivity index (χ2v) is 4.80. The summed E-state index contributed by atoms with van der Waals surface area (Å²) in [5.41, 5.74) is 0. The van der Waals surface area contributed by atoms with E-state index >= 15 is 0 Å². The van der Waals surface area contributed by atoms with E-state index in [-0.39, 0.29) is 0 Å². The van der Waals surface area contributed by atoms with Crippen LogP contribution in [0.15, 0.2) is 12.3 Å². The van der Waals surface area contributed by atoms with Crippen LogP contribution in [0.5, 0.6) is 0 Å². The first-order valence-corrected chi connectivity index (χ1v) is 6.03. The molecule has 14 heavy (non-hydrogen) atoms. The van der Waals surface area contributed by atoms with E-state index < -0.39 is 13.9 Å². The molecule has 0 aromatic heterocycles. The monoisotopic (exact) mass is 222 g/mol. The first kappa shape index (κ1) is 11.7. The zero-order valence-electron chi connectivity index (χ0n) is 8.21. The van der Waals surface area contributed by atoms with Crippen LogP contribution in [0.2, 0.25) is 0 Å². The molecule has 1 aliphatic heterocycles. The third-order valence-corrected chi connectivity index (χ3v) is 4.18. The van der Waals surface area contributed by atoms with Crippen LogP contribution >= 0.6 is 7.67 Å². The third kappa shape index (κ3) is 2.16. The van der Waals surface area contributed by atoms with Crippen molar-refractivity contribution in [3.63, 3.8) is 0 Å². The van der Waals surface area contributed by atoms with E-state index in [1.807, 2.05) is 6.92 Å². The smallest absolute Gasteiger partial charge is 0.394 e. The lowest BCUT2D eigenvalue weighted by molar-refractivity contribution is -0.289. The molecule has 0 spiro atoms. The summed E-state index contributed by atoms with van der Waals surface area (Å²) in [6.07, 6.45) is 2.03. The van der Waals surface area contributed by atoms with Gasteiger partial charge in [0.05, 0.1) is 6.26 Å². The standard InChI is InChI=1S/C7H15N2O4P/c1-3-8-14(11)9(4-2)7(13-10)5-6-12-14/h5-7,10H,3-4H2,1-2H3,(H,8,11). The van der Waals surface area contributed by atoms with Gasteiger partial charge in [0.1, 0.15) is 0 Å². The molecule has 1 rings (SSSR count). The van der Waals surface area contributed by atoms with Crippen molar-refractivity contribution in [3.05, 3.63) is 12.3 Å². The molecule has 2 unspecified atom stereocenters. The number of hydrogen-bond donors (Lipinski definition) is 2. The molecule has 0 radical (unpaired) electrons. The van der Waals surface area contributed by atoms with Crippen LogP contribution in [0.4, 0.5) is 0 Å². The van der Waals surface area contributed by atoms with Gasteiger partial charge < -0.3 is 4.52 Å². The summed E-state index contributed by atoms with van der Waals surface area (Å²) in [5.74, 6) is 0. The van der Waals surface area contributed by atoms with Crippen molar-refractivity contribution >= 4 is 7.67 Å². The average molecular weight is 222 g/mol. The van der Waals surface area contributed by atoms with Crippen molar-refractivity contribution in [3.8, 4) is 0 Å². The Hall–Kier alpha value is -0.390. The Morgan fingerprint density at radius 1 is 1.71 bits per heavy atom. The van der Waals surface area contributed by atoms with Crippen molar-refractivity contribution < 1.29 is 19.2 Å². The SMILES string of the molecule is CCNP1(=O)OC=CC(OO)N1CC. The molecule has 1 heterocycles. The highest BCUT2D eigenvalue weighted by atomic mass is 31.2. The van der Waals surface area contributed by atoms with Crippen LogP contribution in [-0.2, 0) is 14.0 Å². The summed E-state index contributed by atoms with van der Waals surface area (Å²) < 4.78 is 18.6. The normalized spacial score (nSPS) is 32.9. The molecule has 0 aliphatic carbocycles. The lowest BCUT2D eigenvalue weighted by Gasteiger charge is -2.34. The molecule has 0 saturated heterocycles. The van der Waals surface area contributed by atoms with Gasteiger partial charge in [-0.15, -0.1) is 0 Å². The fourth-order valence-electron chi connectivity index (χ4n) is 1.28. The predicted octanol–water partition coefficient (Wildman–Crippen LogP) is 1.39. The van der Waals surface area contributed by atoms with Gasteiger partial charge in [0.2, 0.25) is 0 Å². The lowest BCUT2D eigenvalue weighted by atomic mass is 10.5. The average Bonchev–Trinajstić information content (AvgIpc) is 2.17. The van der Waals surface area contributed by atoms with Gasteiger partial charge in [0, 0.05) is 13.1 Å². The van der Waals surface area contributed by atoms with Gasteiger partial charge in [-0.3, -0.25) is 0 Å². The van der Waals surface area contributed by atoms with E-state index in [2.05, 4.69) is 9.97 Å². The van der Waals surface area contributed by atoms with Crippen molar-refractivity contribution in [2.75, 3.05) is 13.1 Å². The number of nitrogens with zero attached hydrogens (tertiary/aromatic N) is 1. The third-order valence-electron chi connectivity index (χ3n) is 1.87. The van der Waals surface area contributed by atoms with Crippen molar-refractivity contribution in [2.45, 2.75) is 20.1 Å².